The summed E-state index contributed by atoms with van der Waals surface area (Å²) in [5, 5.41) is 15.2. The first-order valence-corrected chi connectivity index (χ1v) is 15.4. The summed E-state index contributed by atoms with van der Waals surface area (Å²) in [6, 6.07) is -0.407. The third kappa shape index (κ3) is 5.65. The van der Waals surface area contributed by atoms with E-state index in [1.165, 1.54) is 6.08 Å². The molecule has 0 radical (unpaired) electrons. The van der Waals surface area contributed by atoms with Crippen molar-refractivity contribution in [3.8, 4) is 6.07 Å². The van der Waals surface area contributed by atoms with Crippen LogP contribution in [-0.4, -0.2) is 97.4 Å². The number of nitrogens with zero attached hydrogens (tertiary/aromatic N) is 3. The van der Waals surface area contributed by atoms with Crippen LogP contribution in [0.3, 0.4) is 0 Å². The standard InChI is InChI=1S/C30H39F4N5O4/c1-29-14-39(11-17(29)13-43-15-29)28(42)21-7-16(10-35)8-22(30(32,33)34)26(21)38-6-5-18(12-38)36-27(41)20-9-24(40)37-25-19(20)3-2-4-23(25)31/h9,16-19,21-23,25-26H,2-8,11-15H2,1H3,(H,36,41)(H,37,40)/t16?,17-,18+,19?,21?,22?,23?,25?,26?,29+/m0/s1. The maximum Gasteiger partial charge on any atom is 0.393 e. The number of alkyl halides is 4. The summed E-state index contributed by atoms with van der Waals surface area (Å²) < 4.78 is 63.9. The first-order valence-electron chi connectivity index (χ1n) is 15.4. The second kappa shape index (κ2) is 11.3. The van der Waals surface area contributed by atoms with Crippen LogP contribution in [0, 0.1) is 46.3 Å². The Kier molecular flexibility index (Phi) is 7.99. The molecule has 2 saturated carbocycles. The molecule has 236 valence electrons. The summed E-state index contributed by atoms with van der Waals surface area (Å²) in [7, 11) is 0. The number of hydrogen-bond acceptors (Lipinski definition) is 6. The molecule has 0 aromatic carbocycles. The number of rotatable bonds is 4. The third-order valence-electron chi connectivity index (χ3n) is 10.9. The Morgan fingerprint density at radius 3 is 2.72 bits per heavy atom. The van der Waals surface area contributed by atoms with Crippen molar-refractivity contribution in [1.29, 1.82) is 5.26 Å². The Bertz CT molecular complexity index is 1220. The van der Waals surface area contributed by atoms with Gasteiger partial charge < -0.3 is 20.3 Å². The minimum Gasteiger partial charge on any atom is -0.380 e. The summed E-state index contributed by atoms with van der Waals surface area (Å²) in [5.74, 6) is -5.45. The number of ether oxygens (including phenoxy) is 1. The van der Waals surface area contributed by atoms with E-state index < -0.39 is 66.0 Å². The number of halogens is 4. The van der Waals surface area contributed by atoms with Gasteiger partial charge in [-0.25, -0.2) is 4.39 Å². The predicted molar refractivity (Wildman–Crippen MR) is 145 cm³/mol. The fourth-order valence-corrected chi connectivity index (χ4v) is 8.64. The number of hydrogen-bond donors (Lipinski definition) is 2. The van der Waals surface area contributed by atoms with E-state index >= 15 is 0 Å². The molecule has 3 saturated heterocycles. The van der Waals surface area contributed by atoms with E-state index in [0.717, 1.165) is 0 Å². The topological polar surface area (TPSA) is 115 Å². The van der Waals surface area contributed by atoms with E-state index in [0.29, 0.717) is 52.0 Å². The van der Waals surface area contributed by atoms with Gasteiger partial charge in [-0.1, -0.05) is 6.92 Å². The predicted octanol–water partition coefficient (Wildman–Crippen LogP) is 2.33. The lowest BCUT2D eigenvalue weighted by atomic mass is 9.70. The molecule has 13 heteroatoms. The van der Waals surface area contributed by atoms with Crippen LogP contribution in [-0.2, 0) is 19.1 Å². The number of likely N-dealkylation sites (tertiary alicyclic amines) is 2. The number of fused-ring (bicyclic) bond motifs is 2. The fraction of sp³-hybridized carbons (Fsp3) is 0.800. The van der Waals surface area contributed by atoms with Crippen LogP contribution in [0.5, 0.6) is 0 Å². The van der Waals surface area contributed by atoms with Crippen LogP contribution in [0.1, 0.15) is 45.4 Å². The van der Waals surface area contributed by atoms with E-state index in [2.05, 4.69) is 10.6 Å². The van der Waals surface area contributed by atoms with Crippen molar-refractivity contribution in [2.75, 3.05) is 39.4 Å². The van der Waals surface area contributed by atoms with Crippen molar-refractivity contribution in [2.45, 2.75) is 75.9 Å². The van der Waals surface area contributed by atoms with Crippen LogP contribution in [0.2, 0.25) is 0 Å². The molecule has 0 bridgehead atoms. The highest BCUT2D eigenvalue weighted by Gasteiger charge is 2.58. The van der Waals surface area contributed by atoms with Gasteiger partial charge in [-0.2, -0.15) is 18.4 Å². The number of amides is 3. The summed E-state index contributed by atoms with van der Waals surface area (Å²) in [6.07, 6.45) is -3.13. The molecule has 9 nitrogen and oxygen atoms in total. The molecule has 2 aliphatic carbocycles. The first kappa shape index (κ1) is 30.3. The van der Waals surface area contributed by atoms with Gasteiger partial charge in [0.2, 0.25) is 17.7 Å². The lowest BCUT2D eigenvalue weighted by molar-refractivity contribution is -0.209. The molecule has 6 aliphatic rings. The summed E-state index contributed by atoms with van der Waals surface area (Å²) in [5.41, 5.74) is -0.0205. The smallest absolute Gasteiger partial charge is 0.380 e. The number of nitriles is 1. The maximum atomic E-state index is 14.6. The van der Waals surface area contributed by atoms with Crippen LogP contribution < -0.4 is 10.6 Å². The minimum atomic E-state index is -4.61. The van der Waals surface area contributed by atoms with Gasteiger partial charge in [-0.05, 0) is 38.5 Å². The van der Waals surface area contributed by atoms with Crippen molar-refractivity contribution in [2.24, 2.45) is 35.0 Å². The second-order valence-corrected chi connectivity index (χ2v) is 13.8. The van der Waals surface area contributed by atoms with Crippen molar-refractivity contribution < 1.29 is 36.7 Å². The Hall–Kier alpha value is -2.72. The molecule has 7 unspecified atom stereocenters. The monoisotopic (exact) mass is 609 g/mol. The van der Waals surface area contributed by atoms with Gasteiger partial charge in [0.1, 0.15) is 6.17 Å². The maximum absolute atomic E-state index is 14.6. The van der Waals surface area contributed by atoms with Crippen LogP contribution in [0.25, 0.3) is 0 Å². The quantitative estimate of drug-likeness (QED) is 0.473. The number of carbonyl (C=O) groups excluding carboxylic acids is 3. The van der Waals surface area contributed by atoms with Gasteiger partial charge >= 0.3 is 6.18 Å². The zero-order chi connectivity index (χ0) is 30.7. The molecule has 43 heavy (non-hydrogen) atoms. The average molecular weight is 610 g/mol. The molecule has 0 spiro atoms. The Morgan fingerprint density at radius 1 is 1.21 bits per heavy atom. The molecule has 10 atom stereocenters. The average Bonchev–Trinajstić information content (AvgIpc) is 3.65. The van der Waals surface area contributed by atoms with Crippen LogP contribution in [0.15, 0.2) is 11.6 Å². The highest BCUT2D eigenvalue weighted by molar-refractivity contribution is 6.03. The Balaban J connectivity index is 1.20. The van der Waals surface area contributed by atoms with Gasteiger partial charge in [0, 0.05) is 73.1 Å². The molecule has 0 aromatic rings. The van der Waals surface area contributed by atoms with Crippen molar-refractivity contribution >= 4 is 17.7 Å². The second-order valence-electron chi connectivity index (χ2n) is 13.8. The van der Waals surface area contributed by atoms with Gasteiger partial charge in [-0.15, -0.1) is 0 Å². The fourth-order valence-electron chi connectivity index (χ4n) is 8.64. The molecule has 5 fully saturated rings. The van der Waals surface area contributed by atoms with Crippen LogP contribution >= 0.6 is 0 Å². The Morgan fingerprint density at radius 2 is 2.00 bits per heavy atom. The highest BCUT2D eigenvalue weighted by Crippen LogP contribution is 2.48. The zero-order valence-corrected chi connectivity index (χ0v) is 24.2. The van der Waals surface area contributed by atoms with Gasteiger partial charge in [0.15, 0.2) is 0 Å². The van der Waals surface area contributed by atoms with Crippen molar-refractivity contribution in [1.82, 2.24) is 20.4 Å². The lowest BCUT2D eigenvalue weighted by Gasteiger charge is -2.45. The number of carbonyl (C=O) groups is 3. The summed E-state index contributed by atoms with van der Waals surface area (Å²) >= 11 is 0. The largest absolute Gasteiger partial charge is 0.393 e. The van der Waals surface area contributed by atoms with Gasteiger partial charge in [0.25, 0.3) is 0 Å². The zero-order valence-electron chi connectivity index (χ0n) is 24.2. The van der Waals surface area contributed by atoms with Gasteiger partial charge in [0.05, 0.1) is 37.2 Å². The molecular formula is C30H39F4N5O4. The van der Waals surface area contributed by atoms with Gasteiger partial charge in [-0.3, -0.25) is 19.3 Å². The van der Waals surface area contributed by atoms with E-state index in [1.54, 1.807) is 9.80 Å². The normalized spacial score (nSPS) is 41.6. The lowest BCUT2D eigenvalue weighted by Crippen LogP contribution is -2.58. The van der Waals surface area contributed by atoms with E-state index in [4.69, 9.17) is 4.74 Å². The number of nitrogens with one attached hydrogen (secondary N) is 2. The van der Waals surface area contributed by atoms with Crippen LogP contribution in [0.4, 0.5) is 17.6 Å². The molecule has 2 N–H and O–H groups in total. The minimum absolute atomic E-state index is 0.0595. The highest BCUT2D eigenvalue weighted by atomic mass is 19.4. The molecule has 0 aromatic heterocycles. The summed E-state index contributed by atoms with van der Waals surface area (Å²) in [6.45, 7) is 4.25. The summed E-state index contributed by atoms with van der Waals surface area (Å²) in [4.78, 5) is 42.9. The molecule has 4 aliphatic heterocycles. The first-order chi connectivity index (χ1) is 20.4. The molecule has 3 amide bonds. The third-order valence-corrected chi connectivity index (χ3v) is 10.9. The molecule has 6 rings (SSSR count). The van der Waals surface area contributed by atoms with E-state index in [9.17, 15) is 37.2 Å². The van der Waals surface area contributed by atoms with E-state index in [1.807, 2.05) is 13.0 Å². The molecule has 4 heterocycles. The van der Waals surface area contributed by atoms with Crippen molar-refractivity contribution in [3.05, 3.63) is 11.6 Å². The molecular weight excluding hydrogens is 570 g/mol. The van der Waals surface area contributed by atoms with Crippen molar-refractivity contribution in [3.63, 3.8) is 0 Å². The van der Waals surface area contributed by atoms with E-state index in [-0.39, 0.29) is 48.7 Å². The SMILES string of the molecule is C[C@@]12COC[C@@H]1CN(C(=O)C1CC(C#N)CC(C(F)(F)F)C1N1CC[C@@H](NC(=O)C3=CC(=O)NC4C(F)CCCC34)C1)C2. The Labute approximate surface area is 248 Å².